The van der Waals surface area contributed by atoms with Gasteiger partial charge < -0.3 is 10.6 Å². The monoisotopic (exact) mass is 296 g/mol. The van der Waals surface area contributed by atoms with E-state index in [1.807, 2.05) is 69.3 Å². The summed E-state index contributed by atoms with van der Waals surface area (Å²) in [6, 6.07) is 15.0. The number of nitrogens with one attached hydrogen (secondary N) is 2. The normalized spacial score (nSPS) is 11.6. The van der Waals surface area contributed by atoms with Crippen molar-refractivity contribution in [1.82, 2.24) is 5.32 Å². The lowest BCUT2D eigenvalue weighted by Crippen LogP contribution is -2.36. The van der Waals surface area contributed by atoms with Gasteiger partial charge in [-0.25, -0.2) is 0 Å². The number of amides is 2. The maximum atomic E-state index is 12.0. The first kappa shape index (κ1) is 15.8. The fourth-order valence-corrected chi connectivity index (χ4v) is 2.32. The summed E-state index contributed by atoms with van der Waals surface area (Å²) in [7, 11) is 0. The van der Waals surface area contributed by atoms with E-state index in [4.69, 9.17) is 0 Å². The van der Waals surface area contributed by atoms with Crippen LogP contribution in [0.25, 0.3) is 0 Å². The van der Waals surface area contributed by atoms with Crippen LogP contribution in [0.1, 0.15) is 29.7 Å². The highest BCUT2D eigenvalue weighted by molar-refractivity contribution is 6.39. The molecule has 22 heavy (non-hydrogen) atoms. The number of carbonyl (C=O) groups excluding carboxylic acids is 2. The second-order valence-electron chi connectivity index (χ2n) is 5.44. The first-order valence-electron chi connectivity index (χ1n) is 7.21. The molecule has 0 aromatic heterocycles. The van der Waals surface area contributed by atoms with E-state index in [0.29, 0.717) is 5.69 Å². The second-order valence-corrected chi connectivity index (χ2v) is 5.44. The van der Waals surface area contributed by atoms with Crippen molar-refractivity contribution in [2.45, 2.75) is 26.8 Å². The van der Waals surface area contributed by atoms with Crippen molar-refractivity contribution in [3.63, 3.8) is 0 Å². The molecule has 1 atom stereocenters. The minimum atomic E-state index is -0.659. The lowest BCUT2D eigenvalue weighted by atomic mass is 10.1. The van der Waals surface area contributed by atoms with E-state index < -0.39 is 11.8 Å². The molecule has 0 aliphatic carbocycles. The van der Waals surface area contributed by atoms with Crippen molar-refractivity contribution in [2.24, 2.45) is 0 Å². The number of carbonyl (C=O) groups is 2. The van der Waals surface area contributed by atoms with Crippen LogP contribution in [0.5, 0.6) is 0 Å². The van der Waals surface area contributed by atoms with Gasteiger partial charge in [-0.05, 0) is 49.6 Å². The summed E-state index contributed by atoms with van der Waals surface area (Å²) in [6.07, 6.45) is 0. The molecule has 2 aromatic rings. The van der Waals surface area contributed by atoms with Crippen molar-refractivity contribution in [3.8, 4) is 0 Å². The molecule has 0 unspecified atom stereocenters. The van der Waals surface area contributed by atoms with Crippen LogP contribution in [-0.4, -0.2) is 11.8 Å². The Hall–Kier alpha value is -2.62. The summed E-state index contributed by atoms with van der Waals surface area (Å²) in [4.78, 5) is 24.0. The minimum Gasteiger partial charge on any atom is -0.341 e. The van der Waals surface area contributed by atoms with E-state index in [0.717, 1.165) is 16.7 Å². The Balaban J connectivity index is 1.99. The molecule has 0 fully saturated rings. The molecular formula is C18H20N2O2. The smallest absolute Gasteiger partial charge is 0.313 e. The van der Waals surface area contributed by atoms with Crippen LogP contribution in [0, 0.1) is 13.8 Å². The predicted molar refractivity (Wildman–Crippen MR) is 87.5 cm³/mol. The summed E-state index contributed by atoms with van der Waals surface area (Å²) >= 11 is 0. The SMILES string of the molecule is Cc1cc(C)cc(NC(=O)C(=O)N[C@@H](C)c2ccccc2)c1. The topological polar surface area (TPSA) is 58.2 Å². The molecule has 0 spiro atoms. The average molecular weight is 296 g/mol. The van der Waals surface area contributed by atoms with E-state index in [-0.39, 0.29) is 6.04 Å². The van der Waals surface area contributed by atoms with Crippen LogP contribution in [0.4, 0.5) is 5.69 Å². The number of benzene rings is 2. The van der Waals surface area contributed by atoms with Crippen molar-refractivity contribution in [3.05, 3.63) is 65.2 Å². The zero-order valence-electron chi connectivity index (χ0n) is 13.0. The molecule has 4 heteroatoms. The number of rotatable bonds is 3. The molecule has 2 aromatic carbocycles. The number of hydrogen-bond acceptors (Lipinski definition) is 2. The molecule has 0 aliphatic heterocycles. The third-order valence-corrected chi connectivity index (χ3v) is 3.33. The lowest BCUT2D eigenvalue weighted by Gasteiger charge is -2.14. The standard InChI is InChI=1S/C18H20N2O2/c1-12-9-13(2)11-16(10-12)20-18(22)17(21)19-14(3)15-7-5-4-6-8-15/h4-11,14H,1-3H3,(H,19,21)(H,20,22)/t14-/m0/s1. The van der Waals surface area contributed by atoms with Crippen molar-refractivity contribution in [2.75, 3.05) is 5.32 Å². The molecule has 2 N–H and O–H groups in total. The van der Waals surface area contributed by atoms with Crippen LogP contribution < -0.4 is 10.6 Å². The van der Waals surface area contributed by atoms with Crippen molar-refractivity contribution in [1.29, 1.82) is 0 Å². The number of aryl methyl sites for hydroxylation is 2. The zero-order valence-corrected chi connectivity index (χ0v) is 13.0. The third-order valence-electron chi connectivity index (χ3n) is 3.33. The number of hydrogen-bond donors (Lipinski definition) is 2. The van der Waals surface area contributed by atoms with Crippen LogP contribution >= 0.6 is 0 Å². The molecule has 2 rings (SSSR count). The Bertz CT molecular complexity index is 660. The lowest BCUT2D eigenvalue weighted by molar-refractivity contribution is -0.136. The van der Waals surface area contributed by atoms with Gasteiger partial charge in [-0.15, -0.1) is 0 Å². The molecule has 0 bridgehead atoms. The summed E-state index contributed by atoms with van der Waals surface area (Å²) in [6.45, 7) is 5.73. The minimum absolute atomic E-state index is 0.223. The summed E-state index contributed by atoms with van der Waals surface area (Å²) in [5, 5.41) is 5.32. The molecule has 114 valence electrons. The van der Waals surface area contributed by atoms with E-state index in [1.54, 1.807) is 0 Å². The van der Waals surface area contributed by atoms with Crippen LogP contribution in [0.15, 0.2) is 48.5 Å². The molecule has 0 aliphatic rings. The molecule has 2 amide bonds. The fourth-order valence-electron chi connectivity index (χ4n) is 2.32. The van der Waals surface area contributed by atoms with Gasteiger partial charge in [0.25, 0.3) is 0 Å². The van der Waals surface area contributed by atoms with E-state index >= 15 is 0 Å². The number of anilines is 1. The maximum absolute atomic E-state index is 12.0. The Labute approximate surface area is 130 Å². The Morgan fingerprint density at radius 1 is 0.909 bits per heavy atom. The van der Waals surface area contributed by atoms with Crippen molar-refractivity contribution < 1.29 is 9.59 Å². The first-order valence-corrected chi connectivity index (χ1v) is 7.21. The third kappa shape index (κ3) is 4.19. The Kier molecular flexibility index (Phi) is 4.94. The van der Waals surface area contributed by atoms with Gasteiger partial charge in [-0.1, -0.05) is 36.4 Å². The summed E-state index contributed by atoms with van der Waals surface area (Å²) in [5.41, 5.74) is 3.65. The van der Waals surface area contributed by atoms with E-state index in [2.05, 4.69) is 10.6 Å². The highest BCUT2D eigenvalue weighted by Crippen LogP contribution is 2.14. The van der Waals surface area contributed by atoms with Crippen LogP contribution in [0.2, 0.25) is 0 Å². The van der Waals surface area contributed by atoms with Crippen LogP contribution in [0.3, 0.4) is 0 Å². The predicted octanol–water partition coefficient (Wildman–Crippen LogP) is 3.12. The Morgan fingerprint density at radius 2 is 1.50 bits per heavy atom. The highest BCUT2D eigenvalue weighted by Gasteiger charge is 2.17. The van der Waals surface area contributed by atoms with E-state index in [1.165, 1.54) is 0 Å². The summed E-state index contributed by atoms with van der Waals surface area (Å²) in [5.74, 6) is -1.30. The van der Waals surface area contributed by atoms with Gasteiger partial charge in [0.1, 0.15) is 0 Å². The van der Waals surface area contributed by atoms with E-state index in [9.17, 15) is 9.59 Å². The Morgan fingerprint density at radius 3 is 2.09 bits per heavy atom. The quantitative estimate of drug-likeness (QED) is 0.855. The van der Waals surface area contributed by atoms with Crippen LogP contribution in [-0.2, 0) is 9.59 Å². The first-order chi connectivity index (χ1) is 10.5. The molecule has 0 heterocycles. The summed E-state index contributed by atoms with van der Waals surface area (Å²) < 4.78 is 0. The largest absolute Gasteiger partial charge is 0.341 e. The van der Waals surface area contributed by atoms with Gasteiger partial charge in [0.2, 0.25) is 0 Å². The van der Waals surface area contributed by atoms with Gasteiger partial charge in [0.05, 0.1) is 6.04 Å². The molecule has 0 saturated heterocycles. The molecular weight excluding hydrogens is 276 g/mol. The zero-order chi connectivity index (χ0) is 16.1. The van der Waals surface area contributed by atoms with Crippen molar-refractivity contribution >= 4 is 17.5 Å². The van der Waals surface area contributed by atoms with Gasteiger partial charge in [0, 0.05) is 5.69 Å². The van der Waals surface area contributed by atoms with Gasteiger partial charge in [-0.3, -0.25) is 9.59 Å². The molecule has 0 saturated carbocycles. The van der Waals surface area contributed by atoms with Gasteiger partial charge in [-0.2, -0.15) is 0 Å². The maximum Gasteiger partial charge on any atom is 0.313 e. The molecule has 4 nitrogen and oxygen atoms in total. The molecule has 0 radical (unpaired) electrons. The fraction of sp³-hybridized carbons (Fsp3) is 0.222. The van der Waals surface area contributed by atoms with Gasteiger partial charge in [0.15, 0.2) is 0 Å². The highest BCUT2D eigenvalue weighted by atomic mass is 16.2. The average Bonchev–Trinajstić information content (AvgIpc) is 2.46. The van der Waals surface area contributed by atoms with Gasteiger partial charge >= 0.3 is 11.8 Å². The second kappa shape index (κ2) is 6.89.